The van der Waals surface area contributed by atoms with Crippen molar-refractivity contribution < 1.29 is 14.0 Å². The van der Waals surface area contributed by atoms with Crippen molar-refractivity contribution in [1.29, 1.82) is 0 Å². The maximum atomic E-state index is 13.1. The lowest BCUT2D eigenvalue weighted by atomic mass is 10.1. The Labute approximate surface area is 138 Å². The highest BCUT2D eigenvalue weighted by Gasteiger charge is 2.39. The summed E-state index contributed by atoms with van der Waals surface area (Å²) in [5.41, 5.74) is 3.01. The number of imide groups is 1. The second-order valence-corrected chi connectivity index (χ2v) is 5.79. The van der Waals surface area contributed by atoms with E-state index in [0.717, 1.165) is 16.0 Å². The van der Waals surface area contributed by atoms with Gasteiger partial charge in [-0.25, -0.2) is 9.29 Å². The molecule has 0 bridgehead atoms. The molecule has 0 atom stereocenters. The molecule has 3 rings (SSSR count). The lowest BCUT2D eigenvalue weighted by molar-refractivity contribution is -0.119. The molecule has 0 spiro atoms. The normalized spacial score (nSPS) is 14.9. The first-order chi connectivity index (χ1) is 10.9. The number of carbonyl (C=O) groups excluding carboxylic acids is 2. The molecule has 0 saturated carbocycles. The summed E-state index contributed by atoms with van der Waals surface area (Å²) in [6.07, 6.45) is 0. The van der Waals surface area contributed by atoms with Crippen LogP contribution in [-0.2, 0) is 9.59 Å². The Kier molecular flexibility index (Phi) is 3.78. The van der Waals surface area contributed by atoms with Crippen molar-refractivity contribution in [2.75, 3.05) is 4.90 Å². The molecule has 1 aliphatic rings. The Morgan fingerprint density at radius 3 is 2.17 bits per heavy atom. The lowest BCUT2D eigenvalue weighted by Crippen LogP contribution is -2.31. The Morgan fingerprint density at radius 2 is 1.57 bits per heavy atom. The summed E-state index contributed by atoms with van der Waals surface area (Å²) in [7, 11) is 0. The summed E-state index contributed by atoms with van der Waals surface area (Å²) >= 11 is 6.09. The number of hydrogen-bond acceptors (Lipinski definition) is 2. The van der Waals surface area contributed by atoms with Crippen molar-refractivity contribution in [1.82, 2.24) is 0 Å². The van der Waals surface area contributed by atoms with Crippen LogP contribution < -0.4 is 4.90 Å². The monoisotopic (exact) mass is 329 g/mol. The number of carbonyl (C=O) groups is 2. The van der Waals surface area contributed by atoms with Gasteiger partial charge in [-0.05, 0) is 54.8 Å². The Balaban J connectivity index is 2.05. The molecule has 0 aromatic heterocycles. The molecule has 3 nitrogen and oxygen atoms in total. The second-order valence-electron chi connectivity index (χ2n) is 5.41. The van der Waals surface area contributed by atoms with Crippen LogP contribution in [-0.4, -0.2) is 11.8 Å². The molecular weight excluding hydrogens is 317 g/mol. The molecule has 0 saturated heterocycles. The Morgan fingerprint density at radius 1 is 0.913 bits per heavy atom. The number of amides is 2. The van der Waals surface area contributed by atoms with E-state index in [4.69, 9.17) is 11.6 Å². The number of rotatable bonds is 2. The molecule has 0 N–H and O–H groups in total. The predicted octanol–water partition coefficient (Wildman–Crippen LogP) is 3.97. The number of anilines is 1. The zero-order chi connectivity index (χ0) is 16.7. The first-order valence-electron chi connectivity index (χ1n) is 7.02. The van der Waals surface area contributed by atoms with Gasteiger partial charge in [0, 0.05) is 0 Å². The van der Waals surface area contributed by atoms with E-state index in [1.165, 1.54) is 24.3 Å². The summed E-state index contributed by atoms with van der Waals surface area (Å²) in [6, 6.07) is 10.6. The van der Waals surface area contributed by atoms with E-state index >= 15 is 0 Å². The quantitative estimate of drug-likeness (QED) is 0.782. The third-order valence-electron chi connectivity index (χ3n) is 3.91. The summed E-state index contributed by atoms with van der Waals surface area (Å²) in [6.45, 7) is 3.85. The van der Waals surface area contributed by atoms with Crippen molar-refractivity contribution in [3.8, 4) is 0 Å². The minimum atomic E-state index is -0.570. The van der Waals surface area contributed by atoms with E-state index in [-0.39, 0.29) is 10.6 Å². The zero-order valence-corrected chi connectivity index (χ0v) is 13.3. The molecule has 1 aliphatic heterocycles. The van der Waals surface area contributed by atoms with Crippen LogP contribution in [0.4, 0.5) is 10.1 Å². The highest BCUT2D eigenvalue weighted by Crippen LogP contribution is 2.35. The van der Waals surface area contributed by atoms with Crippen LogP contribution in [0.25, 0.3) is 5.57 Å². The molecule has 0 aliphatic carbocycles. The van der Waals surface area contributed by atoms with Crippen molar-refractivity contribution in [3.05, 3.63) is 70.0 Å². The highest BCUT2D eigenvalue weighted by atomic mass is 35.5. The number of hydrogen-bond donors (Lipinski definition) is 0. The maximum Gasteiger partial charge on any atom is 0.277 e. The smallest absolute Gasteiger partial charge is 0.268 e. The van der Waals surface area contributed by atoms with Crippen LogP contribution in [0.3, 0.4) is 0 Å². The topological polar surface area (TPSA) is 37.4 Å². The summed E-state index contributed by atoms with van der Waals surface area (Å²) < 4.78 is 13.1. The standard InChI is InChI=1S/C18H13ClFNO2/c1-10-3-8-14(9-11(10)2)21-17(22)15(16(19)18(21)23)12-4-6-13(20)7-5-12/h3-9H,1-2H3. The molecule has 116 valence electrons. The average molecular weight is 330 g/mol. The minimum absolute atomic E-state index is 0.0925. The van der Waals surface area contributed by atoms with E-state index in [9.17, 15) is 14.0 Å². The Hall–Kier alpha value is -2.46. The molecule has 0 fully saturated rings. The van der Waals surface area contributed by atoms with Crippen LogP contribution >= 0.6 is 11.6 Å². The first-order valence-corrected chi connectivity index (χ1v) is 7.39. The van der Waals surface area contributed by atoms with Crippen LogP contribution in [0.1, 0.15) is 16.7 Å². The largest absolute Gasteiger partial charge is 0.277 e. The van der Waals surface area contributed by atoms with Gasteiger partial charge in [-0.1, -0.05) is 29.8 Å². The fraction of sp³-hybridized carbons (Fsp3) is 0.111. The minimum Gasteiger partial charge on any atom is -0.268 e. The third kappa shape index (κ3) is 2.55. The average Bonchev–Trinajstić information content (AvgIpc) is 2.74. The molecule has 1 heterocycles. The lowest BCUT2D eigenvalue weighted by Gasteiger charge is -2.16. The highest BCUT2D eigenvalue weighted by molar-refractivity contribution is 6.60. The van der Waals surface area contributed by atoms with Gasteiger partial charge in [-0.2, -0.15) is 0 Å². The summed E-state index contributed by atoms with van der Waals surface area (Å²) in [5, 5.41) is -0.153. The van der Waals surface area contributed by atoms with E-state index in [2.05, 4.69) is 0 Å². The van der Waals surface area contributed by atoms with E-state index in [1.807, 2.05) is 19.9 Å². The molecule has 0 unspecified atom stereocenters. The van der Waals surface area contributed by atoms with Gasteiger partial charge in [0.1, 0.15) is 10.8 Å². The first kappa shape index (κ1) is 15.4. The molecule has 2 amide bonds. The van der Waals surface area contributed by atoms with Gasteiger partial charge in [-0.15, -0.1) is 0 Å². The molecule has 5 heteroatoms. The van der Waals surface area contributed by atoms with E-state index in [1.54, 1.807) is 12.1 Å². The van der Waals surface area contributed by atoms with E-state index < -0.39 is 17.6 Å². The van der Waals surface area contributed by atoms with Gasteiger partial charge in [0.05, 0.1) is 11.3 Å². The van der Waals surface area contributed by atoms with Crippen molar-refractivity contribution >= 4 is 34.7 Å². The maximum absolute atomic E-state index is 13.1. The predicted molar refractivity (Wildman–Crippen MR) is 87.6 cm³/mol. The number of halogens is 2. The van der Waals surface area contributed by atoms with Gasteiger partial charge in [-0.3, -0.25) is 9.59 Å². The van der Waals surface area contributed by atoms with E-state index in [0.29, 0.717) is 11.3 Å². The molecule has 2 aromatic rings. The second kappa shape index (κ2) is 5.63. The van der Waals surface area contributed by atoms with Crippen LogP contribution in [0.15, 0.2) is 47.5 Å². The Bertz CT molecular complexity index is 856. The molecule has 23 heavy (non-hydrogen) atoms. The fourth-order valence-electron chi connectivity index (χ4n) is 2.47. The van der Waals surface area contributed by atoms with Crippen molar-refractivity contribution in [2.45, 2.75) is 13.8 Å². The van der Waals surface area contributed by atoms with Gasteiger partial charge in [0.25, 0.3) is 11.8 Å². The SMILES string of the molecule is Cc1ccc(N2C(=O)C(Cl)=C(c3ccc(F)cc3)C2=O)cc1C. The number of nitrogens with zero attached hydrogens (tertiary/aromatic N) is 1. The third-order valence-corrected chi connectivity index (χ3v) is 4.26. The van der Waals surface area contributed by atoms with Crippen LogP contribution in [0, 0.1) is 19.7 Å². The van der Waals surface area contributed by atoms with Gasteiger partial charge >= 0.3 is 0 Å². The van der Waals surface area contributed by atoms with Gasteiger partial charge in [0.2, 0.25) is 0 Å². The van der Waals surface area contributed by atoms with Crippen LogP contribution in [0.5, 0.6) is 0 Å². The van der Waals surface area contributed by atoms with Gasteiger partial charge in [0.15, 0.2) is 0 Å². The fourth-order valence-corrected chi connectivity index (χ4v) is 2.74. The molecule has 0 radical (unpaired) electrons. The molecule has 2 aromatic carbocycles. The van der Waals surface area contributed by atoms with Crippen molar-refractivity contribution in [3.63, 3.8) is 0 Å². The van der Waals surface area contributed by atoms with Crippen LogP contribution in [0.2, 0.25) is 0 Å². The number of benzene rings is 2. The summed E-state index contributed by atoms with van der Waals surface area (Å²) in [4.78, 5) is 26.1. The van der Waals surface area contributed by atoms with Gasteiger partial charge < -0.3 is 0 Å². The van der Waals surface area contributed by atoms with Crippen molar-refractivity contribution in [2.24, 2.45) is 0 Å². The summed E-state index contributed by atoms with van der Waals surface area (Å²) in [5.74, 6) is -1.50. The zero-order valence-electron chi connectivity index (χ0n) is 12.6. The molecular formula is C18H13ClFNO2. The number of aryl methyl sites for hydroxylation is 2.